The summed E-state index contributed by atoms with van der Waals surface area (Å²) in [6.45, 7) is 12.1. The van der Waals surface area contributed by atoms with E-state index in [1.807, 2.05) is 33.8 Å². The number of benzene rings is 1. The Bertz CT molecular complexity index is 1010. The highest BCUT2D eigenvalue weighted by Crippen LogP contribution is 2.27. The molecular formula is C26H34FN3O4. The normalized spacial score (nSPS) is 17.4. The lowest BCUT2D eigenvalue weighted by atomic mass is 9.86. The molecule has 0 bridgehead atoms. The van der Waals surface area contributed by atoms with Gasteiger partial charge in [0.25, 0.3) is 5.91 Å². The Kier molecular flexibility index (Phi) is 9.32. The number of allylic oxidation sites excluding steroid dienone is 1. The fraction of sp³-hybridized carbons (Fsp3) is 0.423. The van der Waals surface area contributed by atoms with E-state index in [-0.39, 0.29) is 30.0 Å². The minimum absolute atomic E-state index is 0.0541. The molecule has 1 aliphatic rings. The Hall–Kier alpha value is -3.26. The highest BCUT2D eigenvalue weighted by molar-refractivity contribution is 6.00. The van der Waals surface area contributed by atoms with Gasteiger partial charge in [0.1, 0.15) is 11.9 Å². The summed E-state index contributed by atoms with van der Waals surface area (Å²) < 4.78 is 19.8. The average molecular weight is 472 g/mol. The van der Waals surface area contributed by atoms with Gasteiger partial charge in [-0.2, -0.15) is 0 Å². The third-order valence-electron chi connectivity index (χ3n) is 5.51. The van der Waals surface area contributed by atoms with Crippen molar-refractivity contribution < 1.29 is 23.5 Å². The number of carbonyl (C=O) groups is 3. The molecule has 1 aromatic rings. The summed E-state index contributed by atoms with van der Waals surface area (Å²) in [5.74, 6) is -2.24. The monoisotopic (exact) mass is 471 g/mol. The fourth-order valence-corrected chi connectivity index (χ4v) is 3.50. The van der Waals surface area contributed by atoms with Crippen molar-refractivity contribution in [2.24, 2.45) is 5.92 Å². The largest absolute Gasteiger partial charge is 0.380 e. The Morgan fingerprint density at radius 2 is 2.03 bits per heavy atom. The molecule has 0 aliphatic carbocycles. The summed E-state index contributed by atoms with van der Waals surface area (Å²) in [5.41, 5.74) is 1.59. The van der Waals surface area contributed by atoms with Crippen LogP contribution >= 0.6 is 0 Å². The topological polar surface area (TPSA) is 96.5 Å². The van der Waals surface area contributed by atoms with Crippen molar-refractivity contribution in [3.63, 3.8) is 0 Å². The van der Waals surface area contributed by atoms with E-state index < -0.39 is 29.6 Å². The standard InChI is InChI=1S/C26H34FN3O4/c1-7-17(15-34-6)9-8-16(2)23(30-24(32)18-12-22(31)28-14-18)25(33)29-19-10-11-20(21(27)13-19)26(3,4)5/h7-11,13,18,23H,2,12,14-15H2,1,3-6H3,(H,28,31)(H,29,33)(H,30,32)/b9-8-,17-7+/t18-,23+/m0/s1. The van der Waals surface area contributed by atoms with E-state index in [2.05, 4.69) is 22.5 Å². The van der Waals surface area contributed by atoms with Gasteiger partial charge in [-0.05, 0) is 41.2 Å². The van der Waals surface area contributed by atoms with Crippen LogP contribution in [0.3, 0.4) is 0 Å². The molecule has 184 valence electrons. The molecule has 0 radical (unpaired) electrons. The number of rotatable bonds is 9. The molecule has 1 fully saturated rings. The van der Waals surface area contributed by atoms with E-state index in [0.717, 1.165) is 5.57 Å². The van der Waals surface area contributed by atoms with E-state index in [4.69, 9.17) is 4.74 Å². The van der Waals surface area contributed by atoms with Crippen LogP contribution in [0.25, 0.3) is 0 Å². The van der Waals surface area contributed by atoms with Gasteiger partial charge in [-0.1, -0.05) is 51.6 Å². The quantitative estimate of drug-likeness (QED) is 0.481. The van der Waals surface area contributed by atoms with Crippen molar-refractivity contribution in [1.82, 2.24) is 10.6 Å². The lowest BCUT2D eigenvalue weighted by Gasteiger charge is -2.22. The van der Waals surface area contributed by atoms with E-state index in [1.54, 1.807) is 31.4 Å². The molecule has 7 nitrogen and oxygen atoms in total. The first-order chi connectivity index (χ1) is 16.0. The molecule has 1 aliphatic heterocycles. The van der Waals surface area contributed by atoms with Gasteiger partial charge >= 0.3 is 0 Å². The molecular weight excluding hydrogens is 437 g/mol. The highest BCUT2D eigenvalue weighted by atomic mass is 19.1. The molecule has 0 unspecified atom stereocenters. The van der Waals surface area contributed by atoms with Crippen molar-refractivity contribution in [3.8, 4) is 0 Å². The molecule has 1 saturated heterocycles. The molecule has 2 atom stereocenters. The second-order valence-corrected chi connectivity index (χ2v) is 9.29. The van der Waals surface area contributed by atoms with Crippen molar-refractivity contribution in [2.45, 2.75) is 45.6 Å². The zero-order valence-corrected chi connectivity index (χ0v) is 20.5. The molecule has 0 spiro atoms. The summed E-state index contributed by atoms with van der Waals surface area (Å²) in [4.78, 5) is 37.4. The van der Waals surface area contributed by atoms with E-state index in [9.17, 15) is 18.8 Å². The van der Waals surface area contributed by atoms with Crippen LogP contribution in [-0.2, 0) is 24.5 Å². The van der Waals surface area contributed by atoms with Gasteiger partial charge in [-0.25, -0.2) is 4.39 Å². The average Bonchev–Trinajstić information content (AvgIpc) is 3.20. The van der Waals surface area contributed by atoms with Crippen LogP contribution in [0.5, 0.6) is 0 Å². The van der Waals surface area contributed by atoms with Crippen LogP contribution in [0.4, 0.5) is 10.1 Å². The molecule has 8 heteroatoms. The molecule has 0 aromatic heterocycles. The van der Waals surface area contributed by atoms with Crippen molar-refractivity contribution in [1.29, 1.82) is 0 Å². The zero-order chi connectivity index (χ0) is 25.5. The number of hydrogen-bond donors (Lipinski definition) is 3. The second kappa shape index (κ2) is 11.7. The minimum Gasteiger partial charge on any atom is -0.380 e. The maximum Gasteiger partial charge on any atom is 0.251 e. The van der Waals surface area contributed by atoms with Crippen LogP contribution in [-0.4, -0.2) is 44.0 Å². The molecule has 34 heavy (non-hydrogen) atoms. The third kappa shape index (κ3) is 7.38. The first kappa shape index (κ1) is 27.0. The predicted molar refractivity (Wildman–Crippen MR) is 131 cm³/mol. The predicted octanol–water partition coefficient (Wildman–Crippen LogP) is 3.39. The third-order valence-corrected chi connectivity index (χ3v) is 5.51. The smallest absolute Gasteiger partial charge is 0.251 e. The molecule has 1 aromatic carbocycles. The number of ether oxygens (including phenoxy) is 1. The fourth-order valence-electron chi connectivity index (χ4n) is 3.50. The van der Waals surface area contributed by atoms with Gasteiger partial charge in [0.2, 0.25) is 11.8 Å². The Labute approximate surface area is 200 Å². The van der Waals surface area contributed by atoms with Crippen molar-refractivity contribution in [2.75, 3.05) is 25.6 Å². The second-order valence-electron chi connectivity index (χ2n) is 9.29. The number of anilines is 1. The molecule has 3 N–H and O–H groups in total. The highest BCUT2D eigenvalue weighted by Gasteiger charge is 2.32. The summed E-state index contributed by atoms with van der Waals surface area (Å²) >= 11 is 0. The van der Waals surface area contributed by atoms with Crippen LogP contribution in [0.15, 0.2) is 54.2 Å². The molecule has 1 heterocycles. The van der Waals surface area contributed by atoms with Gasteiger partial charge in [-0.3, -0.25) is 14.4 Å². The van der Waals surface area contributed by atoms with Gasteiger partial charge in [0, 0.05) is 25.8 Å². The summed E-state index contributed by atoms with van der Waals surface area (Å²) in [7, 11) is 1.57. The number of halogens is 1. The number of carbonyl (C=O) groups excluding carboxylic acids is 3. The number of amides is 3. The van der Waals surface area contributed by atoms with Crippen molar-refractivity contribution >= 4 is 23.4 Å². The number of methoxy groups -OCH3 is 1. The maximum atomic E-state index is 14.6. The lowest BCUT2D eigenvalue weighted by Crippen LogP contribution is -2.47. The lowest BCUT2D eigenvalue weighted by molar-refractivity contribution is -0.129. The maximum absolute atomic E-state index is 14.6. The zero-order valence-electron chi connectivity index (χ0n) is 20.5. The van der Waals surface area contributed by atoms with E-state index >= 15 is 0 Å². The number of nitrogens with one attached hydrogen (secondary N) is 3. The van der Waals surface area contributed by atoms with Gasteiger partial charge in [0.05, 0.1) is 12.5 Å². The minimum atomic E-state index is -1.12. The van der Waals surface area contributed by atoms with Gasteiger partial charge < -0.3 is 20.7 Å². The van der Waals surface area contributed by atoms with Crippen LogP contribution in [0.1, 0.15) is 39.7 Å². The Morgan fingerprint density at radius 3 is 2.56 bits per heavy atom. The molecule has 2 rings (SSSR count). The first-order valence-corrected chi connectivity index (χ1v) is 11.1. The van der Waals surface area contributed by atoms with E-state index in [1.165, 1.54) is 6.07 Å². The molecule has 3 amide bonds. The Morgan fingerprint density at radius 1 is 1.32 bits per heavy atom. The van der Waals surface area contributed by atoms with Crippen LogP contribution in [0, 0.1) is 11.7 Å². The van der Waals surface area contributed by atoms with Crippen molar-refractivity contribution in [3.05, 3.63) is 65.5 Å². The SMILES string of the molecule is C=C(/C=C\C(=C/C)COC)[C@@H](NC(=O)[C@@H]1CNC(=O)C1)C(=O)Nc1ccc(C(C)(C)C)c(F)c1. The summed E-state index contributed by atoms with van der Waals surface area (Å²) in [6.07, 6.45) is 5.28. The van der Waals surface area contributed by atoms with E-state index in [0.29, 0.717) is 17.7 Å². The van der Waals surface area contributed by atoms with Crippen LogP contribution < -0.4 is 16.0 Å². The number of hydrogen-bond acceptors (Lipinski definition) is 4. The Balaban J connectivity index is 2.25. The summed E-state index contributed by atoms with van der Waals surface area (Å²) in [6, 6.07) is 3.39. The van der Waals surface area contributed by atoms with Crippen LogP contribution in [0.2, 0.25) is 0 Å². The summed E-state index contributed by atoms with van der Waals surface area (Å²) in [5, 5.41) is 7.96. The molecule has 0 saturated carbocycles. The van der Waals surface area contributed by atoms with Gasteiger partial charge in [0.15, 0.2) is 0 Å². The first-order valence-electron chi connectivity index (χ1n) is 11.1. The van der Waals surface area contributed by atoms with Gasteiger partial charge in [-0.15, -0.1) is 0 Å².